The van der Waals surface area contributed by atoms with Gasteiger partial charge in [-0.1, -0.05) is 59.1 Å². The molecule has 1 N–H and O–H groups in total. The molecule has 40 heavy (non-hydrogen) atoms. The lowest BCUT2D eigenvalue weighted by atomic mass is 10.2. The number of ether oxygens (including phenoxy) is 3. The molecule has 0 unspecified atom stereocenters. The van der Waals surface area contributed by atoms with Gasteiger partial charge in [0.1, 0.15) is 44.4 Å². The highest BCUT2D eigenvalue weighted by molar-refractivity contribution is 8.01. The summed E-state index contributed by atoms with van der Waals surface area (Å²) < 4.78 is 17.2. The minimum atomic E-state index is -2.43. The average molecular weight is 638 g/mol. The molecule has 0 aliphatic carbocycles. The van der Waals surface area contributed by atoms with Gasteiger partial charge >= 0.3 is 0 Å². The first-order valence-corrected chi connectivity index (χ1v) is 16.3. The molecule has 2 radical (unpaired) electrons. The number of rotatable bonds is 12. The van der Waals surface area contributed by atoms with Crippen LogP contribution >= 0.6 is 7.26 Å². The molecule has 0 aliphatic heterocycles. The molecule has 0 aliphatic rings. The van der Waals surface area contributed by atoms with Crippen molar-refractivity contribution in [2.75, 3.05) is 20.8 Å². The van der Waals surface area contributed by atoms with Crippen LogP contribution in [0.3, 0.4) is 0 Å². The van der Waals surface area contributed by atoms with Gasteiger partial charge in [0.15, 0.2) is 11.1 Å². The molecular formula is C33H38BrO4PSi. The van der Waals surface area contributed by atoms with E-state index in [1.54, 1.807) is 20.3 Å². The number of phenolic OH excluding ortho intramolecular Hbond substituents is 1. The molecule has 4 aromatic carbocycles. The molecule has 0 atom stereocenters. The molecule has 0 heterocycles. The number of halogens is 1. The van der Waals surface area contributed by atoms with Gasteiger partial charge in [0, 0.05) is 20.3 Å². The third-order valence-electron chi connectivity index (χ3n) is 6.89. The molecule has 4 rings (SSSR count). The summed E-state index contributed by atoms with van der Waals surface area (Å²) >= 11 is 0. The van der Waals surface area contributed by atoms with E-state index in [9.17, 15) is 5.11 Å². The van der Waals surface area contributed by atoms with E-state index >= 15 is 0 Å². The van der Waals surface area contributed by atoms with Gasteiger partial charge in [-0.25, -0.2) is 0 Å². The van der Waals surface area contributed by atoms with Crippen LogP contribution in [0.5, 0.6) is 11.5 Å². The summed E-state index contributed by atoms with van der Waals surface area (Å²) in [4.78, 5) is 0. The second-order valence-electron chi connectivity index (χ2n) is 9.79. The highest BCUT2D eigenvalue weighted by atomic mass is 79.9. The van der Waals surface area contributed by atoms with Gasteiger partial charge in [0.05, 0.1) is 6.61 Å². The van der Waals surface area contributed by atoms with Crippen LogP contribution in [0.25, 0.3) is 0 Å². The van der Waals surface area contributed by atoms with Crippen LogP contribution in [0.1, 0.15) is 23.1 Å². The van der Waals surface area contributed by atoms with Crippen LogP contribution in [-0.2, 0) is 9.47 Å². The maximum absolute atomic E-state index is 10.8. The summed E-state index contributed by atoms with van der Waals surface area (Å²) in [5.74, 6) is 0.871. The first-order valence-electron chi connectivity index (χ1n) is 13.2. The van der Waals surface area contributed by atoms with Crippen LogP contribution < -0.4 is 42.9 Å². The molecule has 210 valence electrons. The molecule has 0 aromatic heterocycles. The molecule has 0 spiro atoms. The van der Waals surface area contributed by atoms with E-state index in [1.807, 2.05) is 12.1 Å². The minimum Gasteiger partial charge on any atom is -1.00 e. The Morgan fingerprint density at radius 2 is 1.15 bits per heavy atom. The maximum Gasteiger partial charge on any atom is 0.162 e. The van der Waals surface area contributed by atoms with E-state index in [2.05, 4.69) is 93.6 Å². The van der Waals surface area contributed by atoms with Crippen molar-refractivity contribution in [2.24, 2.45) is 0 Å². The van der Waals surface area contributed by atoms with Gasteiger partial charge in [-0.3, -0.25) is 0 Å². The Morgan fingerprint density at radius 3 is 1.57 bits per heavy atom. The maximum atomic E-state index is 10.8. The Morgan fingerprint density at radius 1 is 0.700 bits per heavy atom. The second-order valence-corrected chi connectivity index (χ2v) is 14.5. The number of hydrogen-bond donors (Lipinski definition) is 1. The van der Waals surface area contributed by atoms with Crippen molar-refractivity contribution in [1.82, 2.24) is 0 Å². The van der Waals surface area contributed by atoms with E-state index in [4.69, 9.17) is 14.2 Å². The number of hydrogen-bond acceptors (Lipinski definition) is 4. The molecular weight excluding hydrogens is 599 g/mol. The average Bonchev–Trinajstić information content (AvgIpc) is 2.95. The van der Waals surface area contributed by atoms with Crippen LogP contribution in [0.15, 0.2) is 91.0 Å². The zero-order valence-electron chi connectivity index (χ0n) is 23.9. The van der Waals surface area contributed by atoms with Crippen molar-refractivity contribution in [3.8, 4) is 11.5 Å². The van der Waals surface area contributed by atoms with Gasteiger partial charge in [-0.2, -0.15) is 0 Å². The summed E-state index contributed by atoms with van der Waals surface area (Å²) in [7, 11) is 1.46. The minimum absolute atomic E-state index is 0. The van der Waals surface area contributed by atoms with Crippen LogP contribution in [0.2, 0.25) is 6.04 Å². The van der Waals surface area contributed by atoms with Crippen molar-refractivity contribution < 1.29 is 36.3 Å². The van der Waals surface area contributed by atoms with Crippen molar-refractivity contribution >= 4 is 38.0 Å². The van der Waals surface area contributed by atoms with Gasteiger partial charge in [0.25, 0.3) is 0 Å². The monoisotopic (exact) mass is 636 g/mol. The predicted molar refractivity (Wildman–Crippen MR) is 166 cm³/mol. The van der Waals surface area contributed by atoms with Crippen LogP contribution in [0, 0.1) is 20.8 Å². The third-order valence-corrected chi connectivity index (χ3v) is 12.6. The molecule has 0 saturated heterocycles. The van der Waals surface area contributed by atoms with Gasteiger partial charge < -0.3 is 36.3 Å². The van der Waals surface area contributed by atoms with Crippen molar-refractivity contribution in [1.29, 1.82) is 0 Å². The molecule has 0 fully saturated rings. The van der Waals surface area contributed by atoms with Crippen LogP contribution in [-0.4, -0.2) is 41.4 Å². The molecule has 0 saturated carbocycles. The lowest BCUT2D eigenvalue weighted by Crippen LogP contribution is -3.00. The fourth-order valence-electron chi connectivity index (χ4n) is 4.80. The molecule has 0 bridgehead atoms. The summed E-state index contributed by atoms with van der Waals surface area (Å²) in [5.41, 5.74) is 3.63. The molecule has 4 aromatic rings. The lowest BCUT2D eigenvalue weighted by Gasteiger charge is -2.29. The zero-order chi connectivity index (χ0) is 27.8. The first kappa shape index (κ1) is 32.0. The Kier molecular flexibility index (Phi) is 12.0. The highest BCUT2D eigenvalue weighted by Crippen LogP contribution is 2.56. The number of benzene rings is 4. The molecule has 4 nitrogen and oxygen atoms in total. The molecule has 7 heteroatoms. The Hall–Kier alpha value is -2.47. The lowest BCUT2D eigenvalue weighted by molar-refractivity contribution is -0.0441. The van der Waals surface area contributed by atoms with Crippen molar-refractivity contribution in [3.05, 3.63) is 108 Å². The second kappa shape index (κ2) is 15.0. The Balaban J connectivity index is 0.00000441. The standard InChI is InChI=1S/C33H37O4PSi.BrH/c1-24-7-14-28(15-8-24)38(29-16-9-25(2)10-17-29,30-18-11-26(3)12-19-30)32-23-27(34)13-20-31(32)37-21-6-22-39-33(35-4)36-5;/h7-20,23,33H,6,21-22H2,1-5H3;1H. The predicted octanol–water partition coefficient (Wildman–Crippen LogP) is 2.41. The van der Waals surface area contributed by atoms with Crippen LogP contribution in [0.4, 0.5) is 0 Å². The van der Waals surface area contributed by atoms with Crippen molar-refractivity contribution in [3.63, 3.8) is 0 Å². The number of phenols is 1. The highest BCUT2D eigenvalue weighted by Gasteiger charge is 2.50. The van der Waals surface area contributed by atoms with E-state index in [1.165, 1.54) is 32.6 Å². The number of methoxy groups -OCH3 is 2. The Labute approximate surface area is 252 Å². The van der Waals surface area contributed by atoms with E-state index in [-0.39, 0.29) is 28.6 Å². The van der Waals surface area contributed by atoms with E-state index < -0.39 is 7.26 Å². The quantitative estimate of drug-likeness (QED) is 0.112. The zero-order valence-corrected chi connectivity index (χ0v) is 27.3. The van der Waals surface area contributed by atoms with Gasteiger partial charge in [0.2, 0.25) is 0 Å². The summed E-state index contributed by atoms with van der Waals surface area (Å²) in [6.07, 6.45) is 0.882. The normalized spacial score (nSPS) is 11.3. The largest absolute Gasteiger partial charge is 1.00 e. The first-order chi connectivity index (χ1) is 18.9. The molecule has 0 amide bonds. The fraction of sp³-hybridized carbons (Fsp3) is 0.273. The summed E-state index contributed by atoms with van der Waals surface area (Å²) in [5, 5.41) is 15.5. The van der Waals surface area contributed by atoms with E-state index in [0.29, 0.717) is 16.1 Å². The Bertz CT molecular complexity index is 1230. The number of aromatic hydroxyl groups is 1. The number of aryl methyl sites for hydroxylation is 3. The third kappa shape index (κ3) is 7.23. The fourth-order valence-corrected chi connectivity index (χ4v) is 10.0. The topological polar surface area (TPSA) is 47.9 Å². The summed E-state index contributed by atoms with van der Waals surface area (Å²) in [6, 6.07) is 33.0. The SMILES string of the molecule is COC(OC)[Si]CCCOc1ccc(O)cc1[P+](c1ccc(C)cc1)(c1ccc(C)cc1)c1ccc(C)cc1.[Br-]. The smallest absolute Gasteiger partial charge is 0.162 e. The van der Waals surface area contributed by atoms with Gasteiger partial charge in [-0.05, 0) is 75.7 Å². The summed E-state index contributed by atoms with van der Waals surface area (Å²) in [6.45, 7) is 6.91. The van der Waals surface area contributed by atoms with E-state index in [0.717, 1.165) is 23.5 Å². The van der Waals surface area contributed by atoms with Crippen molar-refractivity contribution in [2.45, 2.75) is 39.1 Å². The van der Waals surface area contributed by atoms with Gasteiger partial charge in [-0.15, -0.1) is 0 Å².